The monoisotopic (exact) mass is 475 g/mol. The highest BCUT2D eigenvalue weighted by Gasteiger charge is 2.33. The highest BCUT2D eigenvalue weighted by molar-refractivity contribution is 5.95. The number of hydrogen-bond donors (Lipinski definition) is 8. The second-order valence-corrected chi connectivity index (χ2v) is 8.31. The Balaban J connectivity index is 5.39. The quantitative estimate of drug-likeness (QED) is 0.113. The van der Waals surface area contributed by atoms with E-state index in [4.69, 9.17) is 16.6 Å². The van der Waals surface area contributed by atoms with Gasteiger partial charge in [0.25, 0.3) is 0 Å². The number of carboxylic acids is 2. The first kappa shape index (κ1) is 30.2. The maximum Gasteiger partial charge on any atom is 0.326 e. The van der Waals surface area contributed by atoms with Crippen molar-refractivity contribution in [2.24, 2.45) is 17.4 Å². The summed E-state index contributed by atoms with van der Waals surface area (Å²) in [4.78, 5) is 59.8. The molecule has 0 aliphatic rings. The van der Waals surface area contributed by atoms with Crippen molar-refractivity contribution < 1.29 is 39.3 Å². The van der Waals surface area contributed by atoms with E-state index >= 15 is 0 Å². The van der Waals surface area contributed by atoms with Crippen LogP contribution in [0.5, 0.6) is 0 Å². The van der Waals surface area contributed by atoms with Crippen LogP contribution in [-0.2, 0) is 24.0 Å². The van der Waals surface area contributed by atoms with Crippen LogP contribution in [0.2, 0.25) is 0 Å². The second kappa shape index (κ2) is 15.1. The largest absolute Gasteiger partial charge is 0.481 e. The molecule has 0 fully saturated rings. The number of carboxylic acid groups (broad SMARTS) is 2. The number of amides is 3. The molecule has 0 aliphatic carbocycles. The number of aliphatic hydroxyl groups excluding tert-OH is 1. The number of hydrogen-bond acceptors (Lipinski definition) is 8. The smallest absolute Gasteiger partial charge is 0.326 e. The molecule has 190 valence electrons. The van der Waals surface area contributed by atoms with Gasteiger partial charge in [-0.25, -0.2) is 4.79 Å². The van der Waals surface area contributed by atoms with E-state index in [2.05, 4.69) is 16.0 Å². The van der Waals surface area contributed by atoms with Crippen LogP contribution in [-0.4, -0.2) is 81.8 Å². The Morgan fingerprint density at radius 2 is 1.42 bits per heavy atom. The number of rotatable bonds is 16. The standard InChI is InChI=1S/C20H37N5O8/c1-10(2)8-14(18(30)23-13(20(32)33)6-4-5-7-21)24-19(31)16(11(3)26)25-17(29)12(22)9-15(27)28/h10-14,16,26H,4-9,21-22H2,1-3H3,(H,23,30)(H,24,31)(H,25,29)(H,27,28)(H,32,33). The van der Waals surface area contributed by atoms with E-state index in [9.17, 15) is 34.2 Å². The van der Waals surface area contributed by atoms with Gasteiger partial charge >= 0.3 is 11.9 Å². The van der Waals surface area contributed by atoms with Crippen LogP contribution in [0.3, 0.4) is 0 Å². The van der Waals surface area contributed by atoms with Crippen molar-refractivity contribution in [2.45, 2.75) is 83.1 Å². The molecule has 5 unspecified atom stereocenters. The first-order chi connectivity index (χ1) is 15.3. The predicted octanol–water partition coefficient (Wildman–Crippen LogP) is -2.12. The van der Waals surface area contributed by atoms with E-state index in [0.717, 1.165) is 0 Å². The highest BCUT2D eigenvalue weighted by Crippen LogP contribution is 2.08. The minimum atomic E-state index is -1.51. The van der Waals surface area contributed by atoms with Crippen LogP contribution in [0, 0.1) is 5.92 Å². The van der Waals surface area contributed by atoms with E-state index in [1.807, 2.05) is 0 Å². The Kier molecular flexibility index (Phi) is 13.9. The van der Waals surface area contributed by atoms with Gasteiger partial charge in [0.1, 0.15) is 18.1 Å². The Morgan fingerprint density at radius 1 is 0.848 bits per heavy atom. The molecule has 0 aliphatic heterocycles. The molecule has 5 atom stereocenters. The SMILES string of the molecule is CC(C)CC(NC(=O)C(NC(=O)C(N)CC(=O)O)C(C)O)C(=O)NC(CCCCN)C(=O)O. The molecule has 0 aromatic carbocycles. The molecule has 0 aromatic rings. The fraction of sp³-hybridized carbons (Fsp3) is 0.750. The van der Waals surface area contributed by atoms with E-state index in [-0.39, 0.29) is 18.8 Å². The number of carbonyl (C=O) groups excluding carboxylic acids is 3. The molecule has 0 heterocycles. The molecular formula is C20H37N5O8. The van der Waals surface area contributed by atoms with E-state index < -0.39 is 66.4 Å². The summed E-state index contributed by atoms with van der Waals surface area (Å²) in [5.41, 5.74) is 10.9. The lowest BCUT2D eigenvalue weighted by Crippen LogP contribution is -2.60. The van der Waals surface area contributed by atoms with Gasteiger partial charge in [-0.3, -0.25) is 19.2 Å². The summed E-state index contributed by atoms with van der Waals surface area (Å²) in [6.07, 6.45) is -0.677. The molecular weight excluding hydrogens is 438 g/mol. The average molecular weight is 476 g/mol. The van der Waals surface area contributed by atoms with Gasteiger partial charge in [0.2, 0.25) is 17.7 Å². The van der Waals surface area contributed by atoms with E-state index in [1.54, 1.807) is 13.8 Å². The molecule has 0 bridgehead atoms. The maximum absolute atomic E-state index is 12.8. The van der Waals surface area contributed by atoms with Crippen molar-refractivity contribution in [3.8, 4) is 0 Å². The molecule has 0 radical (unpaired) electrons. The third-order valence-electron chi connectivity index (χ3n) is 4.70. The second-order valence-electron chi connectivity index (χ2n) is 8.31. The fourth-order valence-corrected chi connectivity index (χ4v) is 2.93. The number of aliphatic carboxylic acids is 2. The minimum Gasteiger partial charge on any atom is -0.481 e. The van der Waals surface area contributed by atoms with Crippen LogP contribution in [0.4, 0.5) is 0 Å². The zero-order valence-electron chi connectivity index (χ0n) is 19.2. The average Bonchev–Trinajstić information content (AvgIpc) is 2.69. The number of nitrogens with one attached hydrogen (secondary N) is 3. The minimum absolute atomic E-state index is 0.0647. The molecule has 10 N–H and O–H groups in total. The van der Waals surface area contributed by atoms with Gasteiger partial charge in [-0.2, -0.15) is 0 Å². The molecule has 0 saturated carbocycles. The molecule has 33 heavy (non-hydrogen) atoms. The molecule has 0 saturated heterocycles. The lowest BCUT2D eigenvalue weighted by atomic mass is 10.0. The highest BCUT2D eigenvalue weighted by atomic mass is 16.4. The van der Waals surface area contributed by atoms with Crippen LogP contribution in [0.25, 0.3) is 0 Å². The van der Waals surface area contributed by atoms with Crippen molar-refractivity contribution in [3.05, 3.63) is 0 Å². The van der Waals surface area contributed by atoms with E-state index in [1.165, 1.54) is 6.92 Å². The number of unbranched alkanes of at least 4 members (excludes halogenated alkanes) is 1. The summed E-state index contributed by atoms with van der Waals surface area (Å²) in [5.74, 6) is -5.20. The van der Waals surface area contributed by atoms with Gasteiger partial charge in [-0.05, 0) is 45.1 Å². The van der Waals surface area contributed by atoms with Gasteiger partial charge in [-0.15, -0.1) is 0 Å². The Labute approximate surface area is 192 Å². The van der Waals surface area contributed by atoms with Crippen molar-refractivity contribution in [1.29, 1.82) is 0 Å². The van der Waals surface area contributed by atoms with Crippen LogP contribution in [0.1, 0.15) is 52.9 Å². The Bertz CT molecular complexity index is 685. The Morgan fingerprint density at radius 3 is 1.88 bits per heavy atom. The normalized spacial score (nSPS) is 15.6. The molecule has 13 heteroatoms. The Hall–Kier alpha value is -2.77. The molecule has 3 amide bonds. The van der Waals surface area contributed by atoms with Gasteiger partial charge in [0.05, 0.1) is 18.6 Å². The van der Waals surface area contributed by atoms with Crippen molar-refractivity contribution in [2.75, 3.05) is 6.54 Å². The van der Waals surface area contributed by atoms with Crippen molar-refractivity contribution in [1.82, 2.24) is 16.0 Å². The van der Waals surface area contributed by atoms with Gasteiger partial charge in [-0.1, -0.05) is 13.8 Å². The molecule has 0 rings (SSSR count). The first-order valence-corrected chi connectivity index (χ1v) is 10.8. The van der Waals surface area contributed by atoms with Crippen LogP contribution in [0.15, 0.2) is 0 Å². The third kappa shape index (κ3) is 12.2. The zero-order valence-corrected chi connectivity index (χ0v) is 19.2. The predicted molar refractivity (Wildman–Crippen MR) is 118 cm³/mol. The van der Waals surface area contributed by atoms with Gasteiger partial charge in [0.15, 0.2) is 0 Å². The number of aliphatic hydroxyl groups is 1. The van der Waals surface area contributed by atoms with Crippen molar-refractivity contribution >= 4 is 29.7 Å². The third-order valence-corrected chi connectivity index (χ3v) is 4.70. The maximum atomic E-state index is 12.8. The zero-order chi connectivity index (χ0) is 25.7. The summed E-state index contributed by atoms with van der Waals surface area (Å²) in [6.45, 7) is 5.19. The molecule has 0 aromatic heterocycles. The van der Waals surface area contributed by atoms with Crippen molar-refractivity contribution in [3.63, 3.8) is 0 Å². The fourth-order valence-electron chi connectivity index (χ4n) is 2.93. The van der Waals surface area contributed by atoms with Crippen LogP contribution < -0.4 is 27.4 Å². The number of nitrogens with two attached hydrogens (primary N) is 2. The summed E-state index contributed by atoms with van der Waals surface area (Å²) >= 11 is 0. The van der Waals surface area contributed by atoms with Gasteiger partial charge in [0, 0.05) is 0 Å². The number of carbonyl (C=O) groups is 5. The molecule has 13 nitrogen and oxygen atoms in total. The lowest BCUT2D eigenvalue weighted by Gasteiger charge is -2.27. The van der Waals surface area contributed by atoms with E-state index in [0.29, 0.717) is 19.4 Å². The summed E-state index contributed by atoms with van der Waals surface area (Å²) in [5, 5.41) is 35.1. The first-order valence-electron chi connectivity index (χ1n) is 10.8. The van der Waals surface area contributed by atoms with Crippen LogP contribution >= 0.6 is 0 Å². The summed E-state index contributed by atoms with van der Waals surface area (Å²) in [6, 6.07) is -5.27. The van der Waals surface area contributed by atoms with Gasteiger partial charge < -0.3 is 42.7 Å². The summed E-state index contributed by atoms with van der Waals surface area (Å²) in [7, 11) is 0. The summed E-state index contributed by atoms with van der Waals surface area (Å²) < 4.78 is 0. The topological polar surface area (TPSA) is 234 Å². The lowest BCUT2D eigenvalue weighted by molar-refractivity contribution is -0.142. The molecule has 0 spiro atoms.